The molecular formula is C22H22N2O2S. The number of amides is 2. The zero-order valence-electron chi connectivity index (χ0n) is 15.5. The van der Waals surface area contributed by atoms with Crippen LogP contribution in [-0.4, -0.2) is 18.9 Å². The molecule has 4 rings (SSSR count). The maximum atomic E-state index is 13.0. The van der Waals surface area contributed by atoms with Crippen LogP contribution in [0.1, 0.15) is 44.5 Å². The lowest BCUT2D eigenvalue weighted by Gasteiger charge is -2.18. The number of fused-ring (bicyclic) bond motifs is 2. The highest BCUT2D eigenvalue weighted by molar-refractivity contribution is 7.17. The van der Waals surface area contributed by atoms with Crippen LogP contribution >= 0.6 is 11.3 Å². The van der Waals surface area contributed by atoms with E-state index in [-0.39, 0.29) is 11.8 Å². The molecule has 0 bridgehead atoms. The van der Waals surface area contributed by atoms with Crippen LogP contribution in [0.2, 0.25) is 0 Å². The van der Waals surface area contributed by atoms with Crippen molar-refractivity contribution in [1.29, 1.82) is 0 Å². The molecule has 1 atom stereocenters. The smallest absolute Gasteiger partial charge is 0.256 e. The van der Waals surface area contributed by atoms with Gasteiger partial charge in [-0.1, -0.05) is 43.3 Å². The molecule has 1 unspecified atom stereocenters. The summed E-state index contributed by atoms with van der Waals surface area (Å²) >= 11 is 1.55. The van der Waals surface area contributed by atoms with E-state index in [1.54, 1.807) is 18.4 Å². The zero-order chi connectivity index (χ0) is 19.0. The Morgan fingerprint density at radius 2 is 1.85 bits per heavy atom. The van der Waals surface area contributed by atoms with Crippen LogP contribution in [0.25, 0.3) is 10.8 Å². The number of benzene rings is 2. The molecule has 0 fully saturated rings. The van der Waals surface area contributed by atoms with Crippen molar-refractivity contribution < 1.29 is 9.59 Å². The second-order valence-corrected chi connectivity index (χ2v) is 8.22. The predicted molar refractivity (Wildman–Crippen MR) is 111 cm³/mol. The van der Waals surface area contributed by atoms with Crippen molar-refractivity contribution in [2.45, 2.75) is 26.2 Å². The van der Waals surface area contributed by atoms with E-state index >= 15 is 0 Å². The second kappa shape index (κ2) is 7.16. The highest BCUT2D eigenvalue weighted by atomic mass is 32.1. The lowest BCUT2D eigenvalue weighted by molar-refractivity contribution is 0.0963. The van der Waals surface area contributed by atoms with Gasteiger partial charge in [0.05, 0.1) is 5.56 Å². The Hall–Kier alpha value is -2.66. The fourth-order valence-corrected chi connectivity index (χ4v) is 5.20. The summed E-state index contributed by atoms with van der Waals surface area (Å²) in [4.78, 5) is 26.8. The summed E-state index contributed by atoms with van der Waals surface area (Å²) in [6.45, 7) is 2.23. The summed E-state index contributed by atoms with van der Waals surface area (Å²) in [6.07, 6.45) is 2.93. The summed E-state index contributed by atoms with van der Waals surface area (Å²) in [5, 5.41) is 8.35. The quantitative estimate of drug-likeness (QED) is 0.698. The Labute approximate surface area is 162 Å². The van der Waals surface area contributed by atoms with Gasteiger partial charge in [0.15, 0.2) is 0 Å². The van der Waals surface area contributed by atoms with E-state index in [0.29, 0.717) is 22.0 Å². The van der Waals surface area contributed by atoms with Gasteiger partial charge in [-0.25, -0.2) is 0 Å². The number of hydrogen-bond acceptors (Lipinski definition) is 3. The van der Waals surface area contributed by atoms with Crippen molar-refractivity contribution in [1.82, 2.24) is 5.32 Å². The van der Waals surface area contributed by atoms with Crippen molar-refractivity contribution in [2.75, 3.05) is 12.4 Å². The maximum Gasteiger partial charge on any atom is 0.256 e. The fraction of sp³-hybridized carbons (Fsp3) is 0.273. The molecule has 0 radical (unpaired) electrons. The highest BCUT2D eigenvalue weighted by Crippen LogP contribution is 2.40. The number of thiophene rings is 1. The van der Waals surface area contributed by atoms with Crippen LogP contribution < -0.4 is 10.6 Å². The molecule has 4 nitrogen and oxygen atoms in total. The van der Waals surface area contributed by atoms with Gasteiger partial charge in [0, 0.05) is 17.5 Å². The van der Waals surface area contributed by atoms with Crippen LogP contribution in [-0.2, 0) is 12.8 Å². The van der Waals surface area contributed by atoms with Crippen LogP contribution in [0.15, 0.2) is 42.5 Å². The summed E-state index contributed by atoms with van der Waals surface area (Å²) in [7, 11) is 1.63. The van der Waals surface area contributed by atoms with E-state index in [4.69, 9.17) is 0 Å². The number of anilines is 1. The van der Waals surface area contributed by atoms with Crippen LogP contribution in [0.4, 0.5) is 5.00 Å². The molecule has 0 saturated carbocycles. The molecule has 1 aromatic heterocycles. The minimum absolute atomic E-state index is 0.129. The summed E-state index contributed by atoms with van der Waals surface area (Å²) in [5.74, 6) is 0.300. The minimum atomic E-state index is -0.177. The molecule has 0 spiro atoms. The first-order valence-electron chi connectivity index (χ1n) is 9.24. The Morgan fingerprint density at radius 1 is 1.07 bits per heavy atom. The molecule has 0 aliphatic heterocycles. The van der Waals surface area contributed by atoms with Crippen LogP contribution in [0, 0.1) is 5.92 Å². The molecule has 1 aliphatic carbocycles. The van der Waals surface area contributed by atoms with Gasteiger partial charge in [0.1, 0.15) is 5.00 Å². The molecule has 3 aromatic rings. The third-order valence-electron chi connectivity index (χ3n) is 5.23. The van der Waals surface area contributed by atoms with Crippen molar-refractivity contribution in [2.24, 2.45) is 5.92 Å². The van der Waals surface area contributed by atoms with E-state index in [0.717, 1.165) is 35.6 Å². The zero-order valence-corrected chi connectivity index (χ0v) is 16.3. The van der Waals surface area contributed by atoms with Gasteiger partial charge in [-0.3, -0.25) is 9.59 Å². The molecule has 5 heteroatoms. The Morgan fingerprint density at radius 3 is 2.67 bits per heavy atom. The maximum absolute atomic E-state index is 13.0. The molecular weight excluding hydrogens is 356 g/mol. The SMILES string of the molecule is CNC(=O)c1c(NC(=O)c2cccc3ccccc23)sc2c1CCC(C)C2. The average molecular weight is 378 g/mol. The Balaban J connectivity index is 1.73. The summed E-state index contributed by atoms with van der Waals surface area (Å²) in [6, 6.07) is 13.5. The van der Waals surface area contributed by atoms with Crippen LogP contribution in [0.5, 0.6) is 0 Å². The van der Waals surface area contributed by atoms with E-state index in [2.05, 4.69) is 17.6 Å². The number of rotatable bonds is 3. The van der Waals surface area contributed by atoms with Crippen molar-refractivity contribution in [3.63, 3.8) is 0 Å². The molecule has 2 aromatic carbocycles. The number of carbonyl (C=O) groups is 2. The van der Waals surface area contributed by atoms with E-state index in [9.17, 15) is 9.59 Å². The summed E-state index contributed by atoms with van der Waals surface area (Å²) < 4.78 is 0. The molecule has 1 heterocycles. The average Bonchev–Trinajstić information content (AvgIpc) is 3.03. The Kier molecular flexibility index (Phi) is 4.70. The fourth-order valence-electron chi connectivity index (χ4n) is 3.80. The van der Waals surface area contributed by atoms with E-state index in [1.807, 2.05) is 42.5 Å². The first-order valence-corrected chi connectivity index (χ1v) is 10.1. The number of nitrogens with one attached hydrogen (secondary N) is 2. The van der Waals surface area contributed by atoms with Gasteiger partial charge in [-0.2, -0.15) is 0 Å². The molecule has 138 valence electrons. The third-order valence-corrected chi connectivity index (χ3v) is 6.40. The monoisotopic (exact) mass is 378 g/mol. The van der Waals surface area contributed by atoms with E-state index < -0.39 is 0 Å². The number of carbonyl (C=O) groups excluding carboxylic acids is 2. The first-order chi connectivity index (χ1) is 13.1. The molecule has 27 heavy (non-hydrogen) atoms. The topological polar surface area (TPSA) is 58.2 Å². The lowest BCUT2D eigenvalue weighted by atomic mass is 9.88. The normalized spacial score (nSPS) is 16.0. The van der Waals surface area contributed by atoms with Gasteiger partial charge < -0.3 is 10.6 Å². The number of hydrogen-bond donors (Lipinski definition) is 2. The van der Waals surface area contributed by atoms with Crippen molar-refractivity contribution >= 4 is 38.9 Å². The van der Waals surface area contributed by atoms with E-state index in [1.165, 1.54) is 4.88 Å². The largest absolute Gasteiger partial charge is 0.355 e. The van der Waals surface area contributed by atoms with Crippen LogP contribution in [0.3, 0.4) is 0 Å². The van der Waals surface area contributed by atoms with Gasteiger partial charge >= 0.3 is 0 Å². The molecule has 1 aliphatic rings. The van der Waals surface area contributed by atoms with Gasteiger partial charge in [0.25, 0.3) is 11.8 Å². The molecule has 2 N–H and O–H groups in total. The van der Waals surface area contributed by atoms with Gasteiger partial charge in [-0.15, -0.1) is 11.3 Å². The van der Waals surface area contributed by atoms with Gasteiger partial charge in [0.2, 0.25) is 0 Å². The first kappa shape index (κ1) is 17.7. The van der Waals surface area contributed by atoms with Crippen molar-refractivity contribution in [3.8, 4) is 0 Å². The summed E-state index contributed by atoms with van der Waals surface area (Å²) in [5.41, 5.74) is 2.36. The second-order valence-electron chi connectivity index (χ2n) is 7.12. The Bertz CT molecular complexity index is 1030. The standard InChI is InChI=1S/C22H22N2O2S/c1-13-10-11-17-18(12-13)27-22(19(17)21(26)23-2)24-20(25)16-9-5-7-14-6-3-4-8-15(14)16/h3-9,13H,10-12H2,1-2H3,(H,23,26)(H,24,25). The third kappa shape index (κ3) is 3.23. The predicted octanol–water partition coefficient (Wildman–Crippen LogP) is 4.64. The molecule has 0 saturated heterocycles. The minimum Gasteiger partial charge on any atom is -0.355 e. The lowest BCUT2D eigenvalue weighted by Crippen LogP contribution is -2.22. The highest BCUT2D eigenvalue weighted by Gasteiger charge is 2.28. The van der Waals surface area contributed by atoms with Crippen molar-refractivity contribution in [3.05, 3.63) is 64.0 Å². The molecule has 2 amide bonds. The van der Waals surface area contributed by atoms with Gasteiger partial charge in [-0.05, 0) is 47.6 Å².